The van der Waals surface area contributed by atoms with E-state index in [4.69, 9.17) is 9.84 Å². The molecule has 0 spiro atoms. The van der Waals surface area contributed by atoms with E-state index >= 15 is 0 Å². The number of carbonyl (C=O) groups excluding carboxylic acids is 1. The second kappa shape index (κ2) is 42.1. The van der Waals surface area contributed by atoms with Gasteiger partial charge in [-0.2, -0.15) is 0 Å². The van der Waals surface area contributed by atoms with Crippen LogP contribution in [-0.4, -0.2) is 23.1 Å². The maximum absolute atomic E-state index is 12.7. The Balaban J connectivity index is 4.10. The molecule has 1 atom stereocenters. The van der Waals surface area contributed by atoms with Gasteiger partial charge in [0.2, 0.25) is 0 Å². The first-order valence-electron chi connectivity index (χ1n) is 21.8. The van der Waals surface area contributed by atoms with Crippen molar-refractivity contribution in [2.45, 2.75) is 225 Å². The standard InChI is InChI=1S/C47H82O4/c1-3-5-7-9-11-13-15-17-19-20-21-23-25-27-29-31-36-40-44-47(50)51-45(42-38-34-32-35-39-43-46(48)49)41-37-33-30-28-26-24-22-18-16-14-12-10-8-6-4-2/h6,8,12,14,18-20,22,26,28,45H,3-5,7,9-11,13,15-17,21,23-25,27,29-44H2,1-2H3,(H,48,49)/b8-6-,14-12-,20-19-,22-18-,28-26-. The maximum Gasteiger partial charge on any atom is 0.306 e. The van der Waals surface area contributed by atoms with Crippen LogP contribution in [0.1, 0.15) is 219 Å². The van der Waals surface area contributed by atoms with Crippen molar-refractivity contribution >= 4 is 11.9 Å². The number of unbranched alkanes of at least 4 members (excludes halogenated alkanes) is 20. The molecule has 1 unspecified atom stereocenters. The number of carbonyl (C=O) groups is 2. The highest BCUT2D eigenvalue weighted by molar-refractivity contribution is 5.69. The van der Waals surface area contributed by atoms with Gasteiger partial charge in [0.1, 0.15) is 6.10 Å². The zero-order valence-corrected chi connectivity index (χ0v) is 33.7. The van der Waals surface area contributed by atoms with E-state index < -0.39 is 5.97 Å². The number of hydrogen-bond acceptors (Lipinski definition) is 3. The third-order valence-corrected chi connectivity index (χ3v) is 9.47. The number of hydrogen-bond donors (Lipinski definition) is 1. The molecule has 0 aromatic rings. The minimum Gasteiger partial charge on any atom is -0.481 e. The lowest BCUT2D eigenvalue weighted by molar-refractivity contribution is -0.150. The maximum atomic E-state index is 12.7. The molecule has 0 heterocycles. The van der Waals surface area contributed by atoms with Gasteiger partial charge < -0.3 is 9.84 Å². The monoisotopic (exact) mass is 711 g/mol. The largest absolute Gasteiger partial charge is 0.481 e. The molecule has 1 N–H and O–H groups in total. The van der Waals surface area contributed by atoms with Crippen molar-refractivity contribution in [3.8, 4) is 0 Å². The second-order valence-electron chi connectivity index (χ2n) is 14.5. The minimum absolute atomic E-state index is 0.0125. The van der Waals surface area contributed by atoms with E-state index in [1.54, 1.807) is 0 Å². The summed E-state index contributed by atoms with van der Waals surface area (Å²) in [5.74, 6) is -0.733. The minimum atomic E-state index is -0.709. The van der Waals surface area contributed by atoms with E-state index in [-0.39, 0.29) is 18.5 Å². The molecule has 0 amide bonds. The van der Waals surface area contributed by atoms with E-state index in [0.717, 1.165) is 103 Å². The summed E-state index contributed by atoms with van der Waals surface area (Å²) in [6, 6.07) is 0. The number of aliphatic carboxylic acids is 1. The fraction of sp³-hybridized carbons (Fsp3) is 0.745. The number of ether oxygens (including phenoxy) is 1. The first-order chi connectivity index (χ1) is 25.1. The Bertz CT molecular complexity index is 896. The zero-order chi connectivity index (χ0) is 37.1. The number of carboxylic acids is 1. The Labute approximate surface area is 316 Å². The molecule has 4 heteroatoms. The van der Waals surface area contributed by atoms with Gasteiger partial charge in [0.25, 0.3) is 0 Å². The SMILES string of the molecule is CC/C=C\C/C=C\C/C=C\C/C=C\CCCCC(CCCCCCCC(=O)O)OC(=O)CCCCCCCCC/C=C\CCCCCCCCC. The molecule has 0 bridgehead atoms. The molecule has 0 aromatic carbocycles. The summed E-state index contributed by atoms with van der Waals surface area (Å²) in [5, 5.41) is 8.84. The van der Waals surface area contributed by atoms with Gasteiger partial charge in [-0.05, 0) is 103 Å². The van der Waals surface area contributed by atoms with Crippen molar-refractivity contribution in [1.29, 1.82) is 0 Å². The van der Waals surface area contributed by atoms with Crippen LogP contribution in [0.25, 0.3) is 0 Å². The molecule has 0 saturated carbocycles. The summed E-state index contributed by atoms with van der Waals surface area (Å²) in [6.45, 7) is 4.44. The Hall–Kier alpha value is -2.36. The summed E-state index contributed by atoms with van der Waals surface area (Å²) in [7, 11) is 0. The highest BCUT2D eigenvalue weighted by Crippen LogP contribution is 2.18. The highest BCUT2D eigenvalue weighted by atomic mass is 16.5. The summed E-state index contributed by atoms with van der Waals surface area (Å²) in [4.78, 5) is 23.5. The molecule has 0 aliphatic heterocycles. The average Bonchev–Trinajstić information content (AvgIpc) is 3.12. The first-order valence-corrected chi connectivity index (χ1v) is 21.8. The van der Waals surface area contributed by atoms with Crippen molar-refractivity contribution < 1.29 is 19.4 Å². The van der Waals surface area contributed by atoms with Crippen LogP contribution < -0.4 is 0 Å². The highest BCUT2D eigenvalue weighted by Gasteiger charge is 2.14. The van der Waals surface area contributed by atoms with E-state index in [9.17, 15) is 9.59 Å². The van der Waals surface area contributed by atoms with Crippen LogP contribution in [0.2, 0.25) is 0 Å². The fourth-order valence-corrected chi connectivity index (χ4v) is 6.29. The Kier molecular flexibility index (Phi) is 40.1. The predicted octanol–water partition coefficient (Wildman–Crippen LogP) is 15.3. The normalized spacial score (nSPS) is 12.8. The van der Waals surface area contributed by atoms with Gasteiger partial charge in [-0.15, -0.1) is 0 Å². The summed E-state index contributed by atoms with van der Waals surface area (Å²) < 4.78 is 6.00. The van der Waals surface area contributed by atoms with Gasteiger partial charge in [0.15, 0.2) is 0 Å². The molecule has 4 nitrogen and oxygen atoms in total. The van der Waals surface area contributed by atoms with Gasteiger partial charge in [-0.3, -0.25) is 9.59 Å². The number of carboxylic acid groups (broad SMARTS) is 1. The number of allylic oxidation sites excluding steroid dienone is 10. The van der Waals surface area contributed by atoms with E-state index in [1.165, 1.54) is 89.9 Å². The van der Waals surface area contributed by atoms with Crippen LogP contribution in [0, 0.1) is 0 Å². The van der Waals surface area contributed by atoms with Crippen molar-refractivity contribution in [1.82, 2.24) is 0 Å². The molecular weight excluding hydrogens is 629 g/mol. The molecule has 0 rings (SSSR count). The van der Waals surface area contributed by atoms with Crippen molar-refractivity contribution in [3.63, 3.8) is 0 Å². The van der Waals surface area contributed by atoms with Crippen LogP contribution in [0.4, 0.5) is 0 Å². The first kappa shape index (κ1) is 48.6. The predicted molar refractivity (Wildman–Crippen MR) is 222 cm³/mol. The number of esters is 1. The van der Waals surface area contributed by atoms with Gasteiger partial charge in [-0.1, -0.05) is 164 Å². The van der Waals surface area contributed by atoms with Crippen LogP contribution in [0.15, 0.2) is 60.8 Å². The zero-order valence-electron chi connectivity index (χ0n) is 33.7. The Morgan fingerprint density at radius 2 is 0.824 bits per heavy atom. The van der Waals surface area contributed by atoms with Crippen LogP contribution in [-0.2, 0) is 14.3 Å². The molecule has 0 aliphatic rings. The second-order valence-corrected chi connectivity index (χ2v) is 14.5. The lowest BCUT2D eigenvalue weighted by atomic mass is 10.0. The molecule has 294 valence electrons. The van der Waals surface area contributed by atoms with Crippen molar-refractivity contribution in [3.05, 3.63) is 60.8 Å². The molecule has 0 radical (unpaired) electrons. The fourth-order valence-electron chi connectivity index (χ4n) is 6.29. The molecule has 0 aromatic heterocycles. The van der Waals surface area contributed by atoms with Gasteiger partial charge in [-0.25, -0.2) is 0 Å². The van der Waals surface area contributed by atoms with E-state index in [0.29, 0.717) is 6.42 Å². The Morgan fingerprint density at radius 3 is 1.33 bits per heavy atom. The molecule has 0 saturated heterocycles. The lowest BCUT2D eigenvalue weighted by Gasteiger charge is -2.18. The van der Waals surface area contributed by atoms with Crippen molar-refractivity contribution in [2.24, 2.45) is 0 Å². The molecule has 51 heavy (non-hydrogen) atoms. The van der Waals surface area contributed by atoms with Crippen LogP contribution in [0.5, 0.6) is 0 Å². The van der Waals surface area contributed by atoms with E-state index in [1.807, 2.05) is 0 Å². The number of rotatable bonds is 39. The van der Waals surface area contributed by atoms with Gasteiger partial charge >= 0.3 is 11.9 Å². The third-order valence-electron chi connectivity index (χ3n) is 9.47. The smallest absolute Gasteiger partial charge is 0.306 e. The van der Waals surface area contributed by atoms with Crippen LogP contribution in [0.3, 0.4) is 0 Å². The van der Waals surface area contributed by atoms with Gasteiger partial charge in [0.05, 0.1) is 0 Å². The summed E-state index contributed by atoms with van der Waals surface area (Å²) in [6.07, 6.45) is 58.2. The topological polar surface area (TPSA) is 63.6 Å². The summed E-state index contributed by atoms with van der Waals surface area (Å²) >= 11 is 0. The van der Waals surface area contributed by atoms with E-state index in [2.05, 4.69) is 74.6 Å². The quantitative estimate of drug-likeness (QED) is 0.0392. The summed E-state index contributed by atoms with van der Waals surface area (Å²) in [5.41, 5.74) is 0. The van der Waals surface area contributed by atoms with Crippen molar-refractivity contribution in [2.75, 3.05) is 0 Å². The molecular formula is C47H82O4. The average molecular weight is 711 g/mol. The molecule has 0 aliphatic carbocycles. The Morgan fingerprint density at radius 1 is 0.451 bits per heavy atom. The van der Waals surface area contributed by atoms with Crippen LogP contribution >= 0.6 is 0 Å². The third kappa shape index (κ3) is 41.9. The molecule has 0 fully saturated rings. The lowest BCUT2D eigenvalue weighted by Crippen LogP contribution is -2.18. The van der Waals surface area contributed by atoms with Gasteiger partial charge in [0, 0.05) is 12.8 Å².